The summed E-state index contributed by atoms with van der Waals surface area (Å²) in [5.74, 6) is -0.562. The number of ether oxygens (including phenoxy) is 1. The Morgan fingerprint density at radius 3 is 2.00 bits per heavy atom. The van der Waals surface area contributed by atoms with Gasteiger partial charge in [0.05, 0.1) is 23.6 Å². The lowest BCUT2D eigenvalue weighted by molar-refractivity contribution is -0.274. The van der Waals surface area contributed by atoms with E-state index in [1.54, 1.807) is 0 Å². The average Bonchev–Trinajstić information content (AvgIpc) is 2.37. The van der Waals surface area contributed by atoms with E-state index in [1.165, 1.54) is 6.92 Å². The number of rotatable bonds is 6. The van der Waals surface area contributed by atoms with Gasteiger partial charge >= 0.3 is 6.36 Å². The Morgan fingerprint density at radius 2 is 1.62 bits per heavy atom. The Labute approximate surface area is 119 Å². The summed E-state index contributed by atoms with van der Waals surface area (Å²) in [6.07, 6.45) is -4.87. The highest BCUT2D eigenvalue weighted by molar-refractivity contribution is 7.89. The number of aliphatic hydroxyl groups is 2. The van der Waals surface area contributed by atoms with E-state index in [4.69, 9.17) is 10.2 Å². The van der Waals surface area contributed by atoms with Crippen molar-refractivity contribution < 1.29 is 36.5 Å². The van der Waals surface area contributed by atoms with E-state index < -0.39 is 40.9 Å². The van der Waals surface area contributed by atoms with Gasteiger partial charge in [-0.15, -0.1) is 13.2 Å². The molecule has 0 aromatic heterocycles. The molecule has 0 aliphatic rings. The summed E-state index contributed by atoms with van der Waals surface area (Å²) >= 11 is 0. The van der Waals surface area contributed by atoms with Crippen LogP contribution in [0.25, 0.3) is 0 Å². The van der Waals surface area contributed by atoms with Crippen LogP contribution in [0.1, 0.15) is 6.92 Å². The van der Waals surface area contributed by atoms with E-state index in [1.807, 2.05) is 0 Å². The van der Waals surface area contributed by atoms with Crippen LogP contribution in [-0.2, 0) is 10.0 Å². The lowest BCUT2D eigenvalue weighted by Crippen LogP contribution is -2.51. The molecule has 1 aromatic rings. The van der Waals surface area contributed by atoms with Crippen molar-refractivity contribution in [3.8, 4) is 5.75 Å². The van der Waals surface area contributed by atoms with Crippen molar-refractivity contribution in [3.63, 3.8) is 0 Å². The molecule has 10 heteroatoms. The van der Waals surface area contributed by atoms with Crippen LogP contribution in [0.5, 0.6) is 5.75 Å². The van der Waals surface area contributed by atoms with Crippen LogP contribution in [0, 0.1) is 0 Å². The Hall–Kier alpha value is -1.36. The number of halogens is 3. The molecule has 0 aliphatic carbocycles. The Balaban J connectivity index is 2.95. The number of benzene rings is 1. The van der Waals surface area contributed by atoms with Crippen LogP contribution in [0.3, 0.4) is 0 Å². The van der Waals surface area contributed by atoms with Gasteiger partial charge in [-0.2, -0.15) is 0 Å². The molecule has 0 heterocycles. The van der Waals surface area contributed by atoms with Crippen LogP contribution in [-0.4, -0.2) is 43.7 Å². The highest BCUT2D eigenvalue weighted by atomic mass is 32.2. The molecule has 0 amide bonds. The molecule has 21 heavy (non-hydrogen) atoms. The van der Waals surface area contributed by atoms with Crippen LogP contribution in [0.4, 0.5) is 13.2 Å². The van der Waals surface area contributed by atoms with E-state index in [0.29, 0.717) is 0 Å². The van der Waals surface area contributed by atoms with E-state index in [2.05, 4.69) is 9.46 Å². The minimum absolute atomic E-state index is 0.329. The summed E-state index contributed by atoms with van der Waals surface area (Å²) in [6, 6.07) is 3.52. The normalized spacial score (nSPS) is 13.2. The Morgan fingerprint density at radius 1 is 1.14 bits per heavy atom. The molecule has 6 nitrogen and oxygen atoms in total. The summed E-state index contributed by atoms with van der Waals surface area (Å²) < 4.78 is 65.6. The first-order chi connectivity index (χ1) is 9.51. The van der Waals surface area contributed by atoms with Crippen molar-refractivity contribution in [2.75, 3.05) is 13.2 Å². The van der Waals surface area contributed by atoms with Crippen molar-refractivity contribution in [2.24, 2.45) is 0 Å². The third-order valence-corrected chi connectivity index (χ3v) is 4.10. The molecule has 0 unspecified atom stereocenters. The van der Waals surface area contributed by atoms with Gasteiger partial charge in [0.25, 0.3) is 0 Å². The molecule has 0 atom stereocenters. The fourth-order valence-corrected chi connectivity index (χ4v) is 2.71. The SMILES string of the molecule is CC(CO)(CO)NS(=O)(=O)c1ccc(OC(F)(F)F)cc1. The minimum atomic E-state index is -4.87. The predicted octanol–water partition coefficient (Wildman–Crippen LogP) is 0.607. The molecule has 0 saturated carbocycles. The maximum absolute atomic E-state index is 12.0. The Bertz CT molecular complexity index is 567. The van der Waals surface area contributed by atoms with E-state index in [9.17, 15) is 21.6 Å². The summed E-state index contributed by atoms with van der Waals surface area (Å²) in [6.45, 7) is -0.0400. The second-order valence-corrected chi connectivity index (χ2v) is 6.18. The standard InChI is InChI=1S/C11H14F3NO5S/c1-10(6-16,7-17)15-21(18,19)9-4-2-8(3-5-9)20-11(12,13)14/h2-5,15-17H,6-7H2,1H3. The average molecular weight is 329 g/mol. The van der Waals surface area contributed by atoms with Crippen molar-refractivity contribution >= 4 is 10.0 Å². The zero-order valence-corrected chi connectivity index (χ0v) is 11.7. The number of hydrogen-bond donors (Lipinski definition) is 3. The van der Waals surface area contributed by atoms with Crippen molar-refractivity contribution in [2.45, 2.75) is 23.7 Å². The second kappa shape index (κ2) is 6.18. The van der Waals surface area contributed by atoms with E-state index in [0.717, 1.165) is 24.3 Å². The molecule has 0 bridgehead atoms. The molecule has 0 fully saturated rings. The maximum Gasteiger partial charge on any atom is 0.573 e. The highest BCUT2D eigenvalue weighted by Gasteiger charge is 2.32. The molecule has 120 valence electrons. The van der Waals surface area contributed by atoms with Crippen LogP contribution < -0.4 is 9.46 Å². The third kappa shape index (κ3) is 5.16. The van der Waals surface area contributed by atoms with Gasteiger partial charge in [0, 0.05) is 0 Å². The number of alkyl halides is 3. The van der Waals surface area contributed by atoms with Gasteiger partial charge in [-0.1, -0.05) is 0 Å². The molecular weight excluding hydrogens is 315 g/mol. The Kier molecular flexibility index (Phi) is 5.20. The first kappa shape index (κ1) is 17.7. The smallest absolute Gasteiger partial charge is 0.406 e. The minimum Gasteiger partial charge on any atom is -0.406 e. The van der Waals surface area contributed by atoms with Crippen LogP contribution in [0.2, 0.25) is 0 Å². The molecule has 3 N–H and O–H groups in total. The van der Waals surface area contributed by atoms with E-state index in [-0.39, 0.29) is 4.90 Å². The van der Waals surface area contributed by atoms with Crippen LogP contribution in [0.15, 0.2) is 29.2 Å². The molecule has 0 saturated heterocycles. The number of sulfonamides is 1. The fraction of sp³-hybridized carbons (Fsp3) is 0.455. The molecule has 1 aromatic carbocycles. The number of aliphatic hydroxyl groups excluding tert-OH is 2. The van der Waals surface area contributed by atoms with Crippen molar-refractivity contribution in [1.29, 1.82) is 0 Å². The zero-order valence-electron chi connectivity index (χ0n) is 10.9. The van der Waals surface area contributed by atoms with Gasteiger partial charge in [-0.25, -0.2) is 13.1 Å². The monoisotopic (exact) mass is 329 g/mol. The topological polar surface area (TPSA) is 95.9 Å². The fourth-order valence-electron chi connectivity index (χ4n) is 1.32. The van der Waals surface area contributed by atoms with Gasteiger partial charge in [-0.3, -0.25) is 0 Å². The first-order valence-corrected chi connectivity index (χ1v) is 7.11. The predicted molar refractivity (Wildman–Crippen MR) is 66.0 cm³/mol. The zero-order chi connectivity index (χ0) is 16.3. The second-order valence-electron chi connectivity index (χ2n) is 4.50. The first-order valence-electron chi connectivity index (χ1n) is 5.63. The lowest BCUT2D eigenvalue weighted by atomic mass is 10.1. The molecule has 0 spiro atoms. The van der Waals surface area contributed by atoms with Gasteiger partial charge in [-0.05, 0) is 31.2 Å². The molecular formula is C11H14F3NO5S. The maximum atomic E-state index is 12.0. The van der Waals surface area contributed by atoms with E-state index >= 15 is 0 Å². The lowest BCUT2D eigenvalue weighted by Gasteiger charge is -2.25. The summed E-state index contributed by atoms with van der Waals surface area (Å²) in [5.41, 5.74) is -1.49. The van der Waals surface area contributed by atoms with Gasteiger partial charge in [0.2, 0.25) is 10.0 Å². The highest BCUT2D eigenvalue weighted by Crippen LogP contribution is 2.24. The van der Waals surface area contributed by atoms with Crippen molar-refractivity contribution in [3.05, 3.63) is 24.3 Å². The largest absolute Gasteiger partial charge is 0.573 e. The van der Waals surface area contributed by atoms with Crippen LogP contribution >= 0.6 is 0 Å². The number of nitrogens with one attached hydrogen (secondary N) is 1. The quantitative estimate of drug-likeness (QED) is 0.710. The van der Waals surface area contributed by atoms with Crippen molar-refractivity contribution in [1.82, 2.24) is 4.72 Å². The third-order valence-electron chi connectivity index (χ3n) is 2.45. The summed E-state index contributed by atoms with van der Waals surface area (Å²) in [4.78, 5) is -0.329. The molecule has 0 radical (unpaired) electrons. The van der Waals surface area contributed by atoms with Gasteiger partial charge in [0.15, 0.2) is 0 Å². The summed E-state index contributed by atoms with van der Waals surface area (Å²) in [7, 11) is -4.11. The summed E-state index contributed by atoms with van der Waals surface area (Å²) in [5, 5.41) is 18.1. The molecule has 1 rings (SSSR count). The van der Waals surface area contributed by atoms with Gasteiger partial charge in [0.1, 0.15) is 5.75 Å². The number of hydrogen-bond acceptors (Lipinski definition) is 5. The van der Waals surface area contributed by atoms with Gasteiger partial charge < -0.3 is 14.9 Å². The molecule has 0 aliphatic heterocycles.